The minimum atomic E-state index is -1.42. The van der Waals surface area contributed by atoms with Crippen LogP contribution in [0.3, 0.4) is 0 Å². The molecule has 0 heterocycles. The van der Waals surface area contributed by atoms with Crippen LogP contribution in [0.2, 0.25) is 5.28 Å². The molecule has 0 aromatic carbocycles. The zero-order valence-electron chi connectivity index (χ0n) is 15.3. The average Bonchev–Trinajstić information content (AvgIpc) is 2.52. The second kappa shape index (κ2) is 15.4. The number of rotatable bonds is 15. The van der Waals surface area contributed by atoms with Crippen molar-refractivity contribution in [2.45, 2.75) is 91.3 Å². The van der Waals surface area contributed by atoms with Crippen molar-refractivity contribution < 1.29 is 7.58 Å². The van der Waals surface area contributed by atoms with E-state index in [1.165, 1.54) is 51.4 Å². The van der Waals surface area contributed by atoms with Crippen LogP contribution in [0.1, 0.15) is 86.0 Å². The standard InChI is InChI=1S/2C8H17O.C2H5.Al/c2*1-3-5-6-8(4-2)7-9;1-2;/h2*8H,3-7H2,1-2H3;1H2,2H3;/q2*-1;;+2. The summed E-state index contributed by atoms with van der Waals surface area (Å²) in [4.78, 5) is 0. The molecule has 0 spiro atoms. The van der Waals surface area contributed by atoms with Crippen LogP contribution in [0.25, 0.3) is 0 Å². The highest BCUT2D eigenvalue weighted by Crippen LogP contribution is 2.16. The van der Waals surface area contributed by atoms with Crippen molar-refractivity contribution in [3.63, 3.8) is 0 Å². The minimum absolute atomic E-state index is 0.733. The molecular weight excluding hydrogens is 275 g/mol. The van der Waals surface area contributed by atoms with Crippen molar-refractivity contribution in [3.05, 3.63) is 0 Å². The zero-order valence-corrected chi connectivity index (χ0v) is 16.5. The molecule has 126 valence electrons. The predicted molar refractivity (Wildman–Crippen MR) is 94.8 cm³/mol. The topological polar surface area (TPSA) is 18.5 Å². The molecule has 0 saturated heterocycles. The SMILES string of the molecule is CCCCC(CC)C[O][Al]([CH2]C)[O]CC(CC)CCCC. The molecule has 0 aromatic rings. The number of hydrogen-bond acceptors (Lipinski definition) is 2. The first-order chi connectivity index (χ1) is 10.2. The second-order valence-electron chi connectivity index (χ2n) is 6.34. The first kappa shape index (κ1) is 21.5. The fourth-order valence-corrected chi connectivity index (χ4v) is 4.11. The first-order valence-corrected chi connectivity index (χ1v) is 11.2. The Balaban J connectivity index is 3.96. The highest BCUT2D eigenvalue weighted by atomic mass is 27.2. The Kier molecular flexibility index (Phi) is 15.7. The fraction of sp³-hybridized carbons (Fsp3) is 1.00. The summed E-state index contributed by atoms with van der Waals surface area (Å²) in [5.41, 5.74) is 0. The van der Waals surface area contributed by atoms with Crippen LogP contribution >= 0.6 is 0 Å². The fourth-order valence-electron chi connectivity index (χ4n) is 2.57. The summed E-state index contributed by atoms with van der Waals surface area (Å²) in [5, 5.41) is 1.09. The van der Waals surface area contributed by atoms with E-state index in [1.54, 1.807) is 0 Å². The van der Waals surface area contributed by atoms with Gasteiger partial charge in [0.2, 0.25) is 0 Å². The van der Waals surface area contributed by atoms with E-state index in [1.807, 2.05) is 0 Å². The molecule has 2 unspecified atom stereocenters. The maximum absolute atomic E-state index is 6.16. The Morgan fingerprint density at radius 1 is 0.714 bits per heavy atom. The Bertz CT molecular complexity index is 191. The summed E-state index contributed by atoms with van der Waals surface area (Å²) in [6.07, 6.45) is 10.3. The predicted octanol–water partition coefficient (Wildman–Crippen LogP) is 5.96. The molecule has 0 N–H and O–H groups in total. The highest BCUT2D eigenvalue weighted by molar-refractivity contribution is 6.44. The van der Waals surface area contributed by atoms with Crippen molar-refractivity contribution >= 4 is 14.8 Å². The normalized spacial score (nSPS) is 14.1. The molecule has 2 atom stereocenters. The van der Waals surface area contributed by atoms with Gasteiger partial charge in [0.25, 0.3) is 0 Å². The van der Waals surface area contributed by atoms with Crippen LogP contribution in [0.15, 0.2) is 0 Å². The monoisotopic (exact) mass is 314 g/mol. The van der Waals surface area contributed by atoms with Gasteiger partial charge in [-0.15, -0.1) is 0 Å². The molecule has 0 fully saturated rings. The number of unbranched alkanes of at least 4 members (excludes halogenated alkanes) is 2. The van der Waals surface area contributed by atoms with E-state index in [2.05, 4.69) is 34.6 Å². The summed E-state index contributed by atoms with van der Waals surface area (Å²) in [5.74, 6) is 1.47. The lowest BCUT2D eigenvalue weighted by molar-refractivity contribution is 0.141. The molecule has 3 heteroatoms. The van der Waals surface area contributed by atoms with Gasteiger partial charge >= 0.3 is 14.8 Å². The summed E-state index contributed by atoms with van der Waals surface area (Å²) in [6.45, 7) is 13.2. The largest absolute Gasteiger partial charge is 0.674 e. The molecular formula is C18H39AlO2. The molecule has 0 amide bonds. The van der Waals surface area contributed by atoms with Crippen LogP contribution in [0.4, 0.5) is 0 Å². The molecule has 2 nitrogen and oxygen atoms in total. The van der Waals surface area contributed by atoms with Gasteiger partial charge in [-0.2, -0.15) is 0 Å². The Hall–Kier alpha value is 0.452. The van der Waals surface area contributed by atoms with Crippen LogP contribution in [-0.4, -0.2) is 28.0 Å². The summed E-state index contributed by atoms with van der Waals surface area (Å²) < 4.78 is 12.3. The second-order valence-corrected chi connectivity index (χ2v) is 8.68. The molecule has 0 aliphatic carbocycles. The van der Waals surface area contributed by atoms with Crippen molar-refractivity contribution in [2.75, 3.05) is 13.2 Å². The molecule has 0 radical (unpaired) electrons. The Labute approximate surface area is 139 Å². The number of hydrogen-bond donors (Lipinski definition) is 0. The van der Waals surface area contributed by atoms with E-state index < -0.39 is 14.8 Å². The Morgan fingerprint density at radius 3 is 1.43 bits per heavy atom. The minimum Gasteiger partial charge on any atom is -0.478 e. The average molecular weight is 314 g/mol. The summed E-state index contributed by atoms with van der Waals surface area (Å²) >= 11 is -1.42. The molecule has 0 aromatic heterocycles. The molecule has 0 bridgehead atoms. The van der Waals surface area contributed by atoms with Gasteiger partial charge in [-0.3, -0.25) is 0 Å². The third-order valence-corrected chi connectivity index (χ3v) is 6.25. The maximum atomic E-state index is 6.16. The van der Waals surface area contributed by atoms with Crippen LogP contribution in [-0.2, 0) is 7.58 Å². The van der Waals surface area contributed by atoms with Gasteiger partial charge in [0.15, 0.2) is 0 Å². The van der Waals surface area contributed by atoms with Crippen LogP contribution in [0.5, 0.6) is 0 Å². The van der Waals surface area contributed by atoms with E-state index in [-0.39, 0.29) is 0 Å². The highest BCUT2D eigenvalue weighted by Gasteiger charge is 2.24. The van der Waals surface area contributed by atoms with E-state index in [0.29, 0.717) is 0 Å². The third kappa shape index (κ3) is 11.6. The molecule has 0 rings (SSSR count). The van der Waals surface area contributed by atoms with Crippen LogP contribution in [0, 0.1) is 11.8 Å². The third-order valence-electron chi connectivity index (χ3n) is 4.46. The van der Waals surface area contributed by atoms with E-state index >= 15 is 0 Å². The van der Waals surface area contributed by atoms with Crippen molar-refractivity contribution in [1.82, 2.24) is 0 Å². The smallest absolute Gasteiger partial charge is 0.478 e. The molecule has 0 aliphatic heterocycles. The summed E-state index contributed by atoms with van der Waals surface area (Å²) in [7, 11) is 0. The molecule has 21 heavy (non-hydrogen) atoms. The quantitative estimate of drug-likeness (QED) is 0.347. The van der Waals surface area contributed by atoms with Gasteiger partial charge in [-0.25, -0.2) is 0 Å². The van der Waals surface area contributed by atoms with Crippen molar-refractivity contribution in [3.8, 4) is 0 Å². The van der Waals surface area contributed by atoms with Gasteiger partial charge in [0.1, 0.15) is 0 Å². The molecule has 0 saturated carbocycles. The van der Waals surface area contributed by atoms with Crippen molar-refractivity contribution in [1.29, 1.82) is 0 Å². The zero-order chi connectivity index (χ0) is 15.9. The molecule has 0 aliphatic rings. The maximum Gasteiger partial charge on any atom is 0.674 e. The summed E-state index contributed by atoms with van der Waals surface area (Å²) in [6, 6.07) is 0. The lowest BCUT2D eigenvalue weighted by Gasteiger charge is -2.21. The van der Waals surface area contributed by atoms with Gasteiger partial charge in [-0.1, -0.05) is 73.1 Å². The lowest BCUT2D eigenvalue weighted by atomic mass is 10.0. The van der Waals surface area contributed by atoms with Crippen molar-refractivity contribution in [2.24, 2.45) is 11.8 Å². The van der Waals surface area contributed by atoms with Crippen LogP contribution < -0.4 is 0 Å². The van der Waals surface area contributed by atoms with Gasteiger partial charge in [-0.05, 0) is 30.0 Å². The van der Waals surface area contributed by atoms with E-state index in [0.717, 1.165) is 30.3 Å². The lowest BCUT2D eigenvalue weighted by Crippen LogP contribution is -2.27. The first-order valence-electron chi connectivity index (χ1n) is 9.44. The Morgan fingerprint density at radius 2 is 1.14 bits per heavy atom. The van der Waals surface area contributed by atoms with Gasteiger partial charge < -0.3 is 7.58 Å². The van der Waals surface area contributed by atoms with Gasteiger partial charge in [0, 0.05) is 13.2 Å². The van der Waals surface area contributed by atoms with E-state index in [4.69, 9.17) is 7.58 Å². The van der Waals surface area contributed by atoms with E-state index in [9.17, 15) is 0 Å². The van der Waals surface area contributed by atoms with Gasteiger partial charge in [0.05, 0.1) is 0 Å².